The Balaban J connectivity index is 1.64. The zero-order valence-electron chi connectivity index (χ0n) is 17.1. The highest BCUT2D eigenvalue weighted by Crippen LogP contribution is 2.28. The van der Waals surface area contributed by atoms with Gasteiger partial charge < -0.3 is 19.3 Å². The minimum atomic E-state index is -0.263. The summed E-state index contributed by atoms with van der Waals surface area (Å²) in [6.45, 7) is 6.83. The van der Waals surface area contributed by atoms with E-state index in [0.29, 0.717) is 41.3 Å². The Morgan fingerprint density at radius 2 is 1.97 bits per heavy atom. The maximum Gasteiger partial charge on any atom is 0.258 e. The summed E-state index contributed by atoms with van der Waals surface area (Å²) in [7, 11) is 1.55. The van der Waals surface area contributed by atoms with Crippen LogP contribution in [-0.2, 0) is 6.54 Å². The average molecular weight is 395 g/mol. The van der Waals surface area contributed by atoms with Crippen LogP contribution in [0, 0.1) is 12.8 Å². The minimum Gasteiger partial charge on any atom is -0.493 e. The summed E-state index contributed by atoms with van der Waals surface area (Å²) in [5.41, 5.74) is 2.37. The molecule has 7 heteroatoms. The van der Waals surface area contributed by atoms with E-state index in [0.717, 1.165) is 11.1 Å². The number of methoxy groups -OCH3 is 1. The van der Waals surface area contributed by atoms with Crippen LogP contribution in [0.2, 0.25) is 0 Å². The largest absolute Gasteiger partial charge is 0.493 e. The molecule has 29 heavy (non-hydrogen) atoms. The van der Waals surface area contributed by atoms with Crippen molar-refractivity contribution in [2.45, 2.75) is 27.3 Å². The van der Waals surface area contributed by atoms with Gasteiger partial charge in [0.25, 0.3) is 11.8 Å². The number of nitrogens with one attached hydrogen (secondary N) is 1. The van der Waals surface area contributed by atoms with Crippen LogP contribution in [0.1, 0.15) is 35.6 Å². The lowest BCUT2D eigenvalue weighted by molar-refractivity contribution is 0.0949. The van der Waals surface area contributed by atoms with E-state index in [2.05, 4.69) is 29.3 Å². The monoisotopic (exact) mass is 395 g/mol. The van der Waals surface area contributed by atoms with Crippen molar-refractivity contribution in [3.05, 3.63) is 59.4 Å². The topological polar surface area (TPSA) is 86.5 Å². The maximum absolute atomic E-state index is 12.5. The van der Waals surface area contributed by atoms with Crippen molar-refractivity contribution in [3.8, 4) is 23.0 Å². The van der Waals surface area contributed by atoms with Crippen molar-refractivity contribution in [2.24, 2.45) is 5.92 Å². The lowest BCUT2D eigenvalue weighted by Crippen LogP contribution is -2.23. The molecule has 0 saturated carbocycles. The van der Waals surface area contributed by atoms with Crippen LogP contribution in [0.15, 0.2) is 47.0 Å². The van der Waals surface area contributed by atoms with Crippen LogP contribution in [0.4, 0.5) is 0 Å². The highest BCUT2D eigenvalue weighted by molar-refractivity contribution is 5.94. The molecule has 0 aliphatic rings. The second-order valence-corrected chi connectivity index (χ2v) is 7.08. The molecule has 1 aromatic heterocycles. The molecule has 0 atom stereocenters. The van der Waals surface area contributed by atoms with Crippen molar-refractivity contribution >= 4 is 5.91 Å². The van der Waals surface area contributed by atoms with Crippen molar-refractivity contribution in [3.63, 3.8) is 0 Å². The Hall–Kier alpha value is -3.35. The predicted molar refractivity (Wildman–Crippen MR) is 109 cm³/mol. The van der Waals surface area contributed by atoms with E-state index >= 15 is 0 Å². The molecule has 0 radical (unpaired) electrons. The molecule has 7 nitrogen and oxygen atoms in total. The van der Waals surface area contributed by atoms with Crippen LogP contribution >= 0.6 is 0 Å². The molecule has 2 aromatic carbocycles. The van der Waals surface area contributed by atoms with Gasteiger partial charge in [-0.1, -0.05) is 37.2 Å². The van der Waals surface area contributed by atoms with Gasteiger partial charge in [0.1, 0.15) is 0 Å². The highest BCUT2D eigenvalue weighted by Gasteiger charge is 2.14. The first-order valence-electron chi connectivity index (χ1n) is 9.45. The molecule has 1 N–H and O–H groups in total. The number of benzene rings is 2. The smallest absolute Gasteiger partial charge is 0.258 e. The molecular formula is C22H25N3O4. The van der Waals surface area contributed by atoms with E-state index in [1.54, 1.807) is 25.3 Å². The number of hydrogen-bond donors (Lipinski definition) is 1. The van der Waals surface area contributed by atoms with Crippen LogP contribution in [-0.4, -0.2) is 29.8 Å². The number of carbonyl (C=O) groups is 1. The normalized spacial score (nSPS) is 10.8. The average Bonchev–Trinajstić information content (AvgIpc) is 3.19. The lowest BCUT2D eigenvalue weighted by Gasteiger charge is -2.13. The quantitative estimate of drug-likeness (QED) is 0.620. The summed E-state index contributed by atoms with van der Waals surface area (Å²) >= 11 is 0. The second kappa shape index (κ2) is 9.23. The van der Waals surface area contributed by atoms with Crippen LogP contribution < -0.4 is 14.8 Å². The van der Waals surface area contributed by atoms with Gasteiger partial charge in [0.2, 0.25) is 0 Å². The molecular weight excluding hydrogens is 370 g/mol. The Morgan fingerprint density at radius 1 is 1.17 bits per heavy atom. The first-order chi connectivity index (χ1) is 14.0. The maximum atomic E-state index is 12.5. The zero-order chi connectivity index (χ0) is 20.8. The molecule has 1 amide bonds. The minimum absolute atomic E-state index is 0.155. The van der Waals surface area contributed by atoms with Crippen LogP contribution in [0.5, 0.6) is 11.5 Å². The van der Waals surface area contributed by atoms with Gasteiger partial charge in [-0.3, -0.25) is 4.79 Å². The second-order valence-electron chi connectivity index (χ2n) is 7.08. The van der Waals surface area contributed by atoms with Crippen molar-refractivity contribution in [1.82, 2.24) is 15.5 Å². The third kappa shape index (κ3) is 5.13. The molecule has 3 aromatic rings. The van der Waals surface area contributed by atoms with Crippen molar-refractivity contribution < 1.29 is 18.8 Å². The fourth-order valence-electron chi connectivity index (χ4n) is 2.69. The fourth-order valence-corrected chi connectivity index (χ4v) is 2.69. The lowest BCUT2D eigenvalue weighted by atomic mass is 10.1. The highest BCUT2D eigenvalue weighted by atomic mass is 16.5. The SMILES string of the molecule is COc1cc(C(=O)NCc2noc(-c3ccccc3C)n2)ccc1OCC(C)C. The van der Waals surface area contributed by atoms with Crippen molar-refractivity contribution in [1.29, 1.82) is 0 Å². The predicted octanol–water partition coefficient (Wildman–Crippen LogP) is 4.02. The zero-order valence-corrected chi connectivity index (χ0v) is 17.1. The molecule has 0 spiro atoms. The summed E-state index contributed by atoms with van der Waals surface area (Å²) in [4.78, 5) is 16.9. The van der Waals surface area contributed by atoms with Gasteiger partial charge in [-0.15, -0.1) is 0 Å². The molecule has 152 valence electrons. The molecule has 0 fully saturated rings. The van der Waals surface area contributed by atoms with E-state index in [-0.39, 0.29) is 12.5 Å². The number of amides is 1. The molecule has 0 aliphatic heterocycles. The van der Waals surface area contributed by atoms with Crippen molar-refractivity contribution in [2.75, 3.05) is 13.7 Å². The van der Waals surface area contributed by atoms with Gasteiger partial charge in [0.15, 0.2) is 17.3 Å². The number of hydrogen-bond acceptors (Lipinski definition) is 6. The molecule has 3 rings (SSSR count). The Labute approximate surface area is 170 Å². The van der Waals surface area contributed by atoms with E-state index < -0.39 is 0 Å². The fraction of sp³-hybridized carbons (Fsp3) is 0.318. The standard InChI is InChI=1S/C22H25N3O4/c1-14(2)13-28-18-10-9-16(11-19(18)27-4)21(26)23-12-20-24-22(29-25-20)17-8-6-5-7-15(17)3/h5-11,14H,12-13H2,1-4H3,(H,23,26). The van der Waals surface area contributed by atoms with Gasteiger partial charge in [0, 0.05) is 11.1 Å². The van der Waals surface area contributed by atoms with Gasteiger partial charge in [-0.2, -0.15) is 4.98 Å². The molecule has 0 bridgehead atoms. The number of aromatic nitrogens is 2. The summed E-state index contributed by atoms with van der Waals surface area (Å²) in [5.74, 6) is 2.09. The van der Waals surface area contributed by atoms with Crippen LogP contribution in [0.25, 0.3) is 11.5 Å². The van der Waals surface area contributed by atoms with Gasteiger partial charge >= 0.3 is 0 Å². The van der Waals surface area contributed by atoms with Gasteiger partial charge in [-0.05, 0) is 42.7 Å². The summed E-state index contributed by atoms with van der Waals surface area (Å²) in [6.07, 6.45) is 0. The first kappa shape index (κ1) is 20.4. The Bertz CT molecular complexity index is 982. The van der Waals surface area contributed by atoms with E-state index in [1.165, 1.54) is 0 Å². The third-order valence-electron chi connectivity index (χ3n) is 4.25. The Morgan fingerprint density at radius 3 is 2.69 bits per heavy atom. The van der Waals surface area contributed by atoms with Gasteiger partial charge in [-0.25, -0.2) is 0 Å². The number of aryl methyl sites for hydroxylation is 1. The van der Waals surface area contributed by atoms with Crippen LogP contribution in [0.3, 0.4) is 0 Å². The number of rotatable bonds is 8. The molecule has 0 aliphatic carbocycles. The van der Waals surface area contributed by atoms with Gasteiger partial charge in [0.05, 0.1) is 20.3 Å². The molecule has 0 unspecified atom stereocenters. The first-order valence-corrected chi connectivity index (χ1v) is 9.45. The number of nitrogens with zero attached hydrogens (tertiary/aromatic N) is 2. The summed E-state index contributed by atoms with van der Waals surface area (Å²) in [6, 6.07) is 12.8. The van der Waals surface area contributed by atoms with E-state index in [1.807, 2.05) is 31.2 Å². The molecule has 1 heterocycles. The Kier molecular flexibility index (Phi) is 6.49. The molecule has 0 saturated heterocycles. The van der Waals surface area contributed by atoms with E-state index in [9.17, 15) is 4.79 Å². The summed E-state index contributed by atoms with van der Waals surface area (Å²) in [5, 5.41) is 6.74. The number of ether oxygens (including phenoxy) is 2. The summed E-state index contributed by atoms with van der Waals surface area (Å²) < 4.78 is 16.4. The number of carbonyl (C=O) groups excluding carboxylic acids is 1. The van der Waals surface area contributed by atoms with E-state index in [4.69, 9.17) is 14.0 Å². The third-order valence-corrected chi connectivity index (χ3v) is 4.25.